The van der Waals surface area contributed by atoms with E-state index in [0.29, 0.717) is 5.16 Å². The molecule has 5 rings (SSSR count). The Morgan fingerprint density at radius 2 is 1.78 bits per heavy atom. The van der Waals surface area contributed by atoms with E-state index in [9.17, 15) is 9.18 Å². The van der Waals surface area contributed by atoms with E-state index in [-0.39, 0.29) is 17.5 Å². The molecule has 1 saturated heterocycles. The average molecular weight is 468 g/mol. The lowest BCUT2D eigenvalue weighted by molar-refractivity contribution is -0.113. The van der Waals surface area contributed by atoms with E-state index < -0.39 is 0 Å². The minimum absolute atomic E-state index is 0.101. The van der Waals surface area contributed by atoms with Crippen molar-refractivity contribution < 1.29 is 9.18 Å². The van der Waals surface area contributed by atoms with E-state index in [4.69, 9.17) is 0 Å². The van der Waals surface area contributed by atoms with E-state index in [1.165, 1.54) is 60.2 Å². The van der Waals surface area contributed by atoms with Gasteiger partial charge in [-0.2, -0.15) is 0 Å². The van der Waals surface area contributed by atoms with Gasteiger partial charge in [-0.15, -0.1) is 21.5 Å². The van der Waals surface area contributed by atoms with Crippen molar-refractivity contribution in [1.29, 1.82) is 0 Å². The molecule has 3 heterocycles. The highest BCUT2D eigenvalue weighted by atomic mass is 32.2. The summed E-state index contributed by atoms with van der Waals surface area (Å²) in [4.78, 5) is 15.6. The fourth-order valence-electron chi connectivity index (χ4n) is 3.85. The van der Waals surface area contributed by atoms with Gasteiger partial charge in [-0.1, -0.05) is 11.8 Å². The van der Waals surface area contributed by atoms with Crippen LogP contribution >= 0.6 is 23.1 Å². The van der Waals surface area contributed by atoms with Gasteiger partial charge in [-0.3, -0.25) is 9.20 Å². The lowest BCUT2D eigenvalue weighted by atomic mass is 10.1. The van der Waals surface area contributed by atoms with Gasteiger partial charge in [0.2, 0.25) is 10.9 Å². The van der Waals surface area contributed by atoms with Gasteiger partial charge in [-0.25, -0.2) is 4.39 Å². The molecule has 1 aliphatic heterocycles. The zero-order valence-electron chi connectivity index (χ0n) is 17.3. The maximum Gasteiger partial charge on any atom is 0.234 e. The zero-order valence-corrected chi connectivity index (χ0v) is 19.0. The molecule has 0 atom stereocenters. The fraction of sp³-hybridized carbons (Fsp3) is 0.261. The van der Waals surface area contributed by atoms with Gasteiger partial charge in [0.05, 0.1) is 11.4 Å². The third-order valence-corrected chi connectivity index (χ3v) is 7.21. The number of hydrogen-bond acceptors (Lipinski definition) is 6. The summed E-state index contributed by atoms with van der Waals surface area (Å²) in [5, 5.41) is 14.0. The molecule has 1 fully saturated rings. The molecule has 0 radical (unpaired) electrons. The maximum absolute atomic E-state index is 13.3. The number of thiazole rings is 1. The minimum atomic E-state index is -0.279. The Labute approximate surface area is 193 Å². The number of rotatable bonds is 6. The summed E-state index contributed by atoms with van der Waals surface area (Å²) in [6.45, 7) is 2.19. The summed E-state index contributed by atoms with van der Waals surface area (Å²) < 4.78 is 15.2. The predicted molar refractivity (Wildman–Crippen MR) is 128 cm³/mol. The topological polar surface area (TPSA) is 62.5 Å². The van der Waals surface area contributed by atoms with Crippen molar-refractivity contribution in [3.63, 3.8) is 0 Å². The molecule has 6 nitrogen and oxygen atoms in total. The fourth-order valence-corrected chi connectivity index (χ4v) is 5.49. The van der Waals surface area contributed by atoms with Gasteiger partial charge >= 0.3 is 0 Å². The Morgan fingerprint density at radius 1 is 1.03 bits per heavy atom. The third-order valence-electron chi connectivity index (χ3n) is 5.47. The van der Waals surface area contributed by atoms with Crippen LogP contribution in [0.1, 0.15) is 19.3 Å². The number of carbonyl (C=O) groups excluding carboxylic acids is 1. The Bertz CT molecular complexity index is 1210. The van der Waals surface area contributed by atoms with Crippen LogP contribution in [0, 0.1) is 5.82 Å². The number of nitrogens with zero attached hydrogens (tertiary/aromatic N) is 4. The molecule has 1 amide bonds. The first kappa shape index (κ1) is 21.0. The quantitative estimate of drug-likeness (QED) is 0.389. The molecule has 164 valence electrons. The van der Waals surface area contributed by atoms with E-state index in [2.05, 4.69) is 32.5 Å². The van der Waals surface area contributed by atoms with Crippen molar-refractivity contribution in [2.45, 2.75) is 24.4 Å². The van der Waals surface area contributed by atoms with Gasteiger partial charge in [-0.05, 0) is 73.4 Å². The van der Waals surface area contributed by atoms with Crippen molar-refractivity contribution in [1.82, 2.24) is 14.6 Å². The molecule has 9 heteroatoms. The Hall–Kier alpha value is -2.91. The van der Waals surface area contributed by atoms with Crippen LogP contribution in [0.5, 0.6) is 0 Å². The van der Waals surface area contributed by atoms with Crippen LogP contribution < -0.4 is 10.2 Å². The molecule has 0 unspecified atom stereocenters. The molecule has 0 saturated carbocycles. The van der Waals surface area contributed by atoms with Crippen LogP contribution in [-0.2, 0) is 4.79 Å². The largest absolute Gasteiger partial charge is 0.372 e. The molecule has 1 N–H and O–H groups in total. The van der Waals surface area contributed by atoms with Gasteiger partial charge in [0, 0.05) is 29.8 Å². The number of piperidine rings is 1. The Kier molecular flexibility index (Phi) is 6.09. The second-order valence-corrected chi connectivity index (χ2v) is 9.44. The van der Waals surface area contributed by atoms with Gasteiger partial charge in [0.15, 0.2) is 5.16 Å². The van der Waals surface area contributed by atoms with Gasteiger partial charge in [0.1, 0.15) is 5.82 Å². The molecule has 2 aromatic heterocycles. The molecule has 1 aliphatic rings. The first-order valence-corrected chi connectivity index (χ1v) is 12.4. The second-order valence-electron chi connectivity index (χ2n) is 7.66. The van der Waals surface area contributed by atoms with Crippen molar-refractivity contribution in [2.75, 3.05) is 29.1 Å². The molecule has 0 bridgehead atoms. The number of hydrogen-bond donors (Lipinski definition) is 1. The zero-order chi connectivity index (χ0) is 21.9. The van der Waals surface area contributed by atoms with Gasteiger partial charge in [0.25, 0.3) is 0 Å². The van der Waals surface area contributed by atoms with Crippen molar-refractivity contribution >= 4 is 45.3 Å². The average Bonchev–Trinajstić information content (AvgIpc) is 3.42. The van der Waals surface area contributed by atoms with Crippen LogP contribution in [0.25, 0.3) is 16.2 Å². The second kappa shape index (κ2) is 9.30. The molecule has 0 aliphatic carbocycles. The minimum Gasteiger partial charge on any atom is -0.372 e. The van der Waals surface area contributed by atoms with Crippen LogP contribution in [0.3, 0.4) is 0 Å². The van der Waals surface area contributed by atoms with Crippen LogP contribution in [-0.4, -0.2) is 39.3 Å². The predicted octanol–water partition coefficient (Wildman–Crippen LogP) is 5.32. The standard InChI is InChI=1S/C23H22FN5OS2/c24-17-6-4-16(5-7-17)20-14-31-22-26-27-23(29(20)22)32-15-21(30)25-18-8-10-19(11-9-18)28-12-2-1-3-13-28/h4-11,14H,1-3,12-13,15H2,(H,25,30). The highest BCUT2D eigenvalue weighted by Gasteiger charge is 2.16. The molecule has 4 aromatic rings. The summed E-state index contributed by atoms with van der Waals surface area (Å²) in [6, 6.07) is 14.4. The lowest BCUT2D eigenvalue weighted by Crippen LogP contribution is -2.29. The number of nitrogens with one attached hydrogen (secondary N) is 1. The number of carbonyl (C=O) groups is 1. The van der Waals surface area contributed by atoms with Crippen molar-refractivity contribution in [2.24, 2.45) is 0 Å². The molecular weight excluding hydrogens is 445 g/mol. The van der Waals surface area contributed by atoms with E-state index in [1.54, 1.807) is 12.1 Å². The first-order valence-electron chi connectivity index (χ1n) is 10.5. The highest BCUT2D eigenvalue weighted by Crippen LogP contribution is 2.30. The lowest BCUT2D eigenvalue weighted by Gasteiger charge is -2.28. The number of aromatic nitrogens is 3. The number of benzene rings is 2. The summed E-state index contributed by atoms with van der Waals surface area (Å²) in [7, 11) is 0. The number of halogens is 1. The van der Waals surface area contributed by atoms with E-state index >= 15 is 0 Å². The number of anilines is 2. The first-order chi connectivity index (χ1) is 15.7. The van der Waals surface area contributed by atoms with E-state index in [0.717, 1.165) is 35.0 Å². The molecular formula is C23H22FN5OS2. The smallest absolute Gasteiger partial charge is 0.234 e. The van der Waals surface area contributed by atoms with Crippen molar-refractivity contribution in [3.8, 4) is 11.3 Å². The number of thioether (sulfide) groups is 1. The summed E-state index contributed by atoms with van der Waals surface area (Å²) in [6.07, 6.45) is 3.77. The normalized spacial score (nSPS) is 14.1. The summed E-state index contributed by atoms with van der Waals surface area (Å²) in [5.41, 5.74) is 3.74. The van der Waals surface area contributed by atoms with E-state index in [1.807, 2.05) is 21.9 Å². The SMILES string of the molecule is O=C(CSc1nnc2scc(-c3ccc(F)cc3)n12)Nc1ccc(N2CCCCC2)cc1. The number of amides is 1. The van der Waals surface area contributed by atoms with Crippen LogP contribution in [0.15, 0.2) is 59.1 Å². The monoisotopic (exact) mass is 467 g/mol. The highest BCUT2D eigenvalue weighted by molar-refractivity contribution is 7.99. The Morgan fingerprint density at radius 3 is 2.53 bits per heavy atom. The third kappa shape index (κ3) is 4.49. The molecule has 32 heavy (non-hydrogen) atoms. The maximum atomic E-state index is 13.3. The van der Waals surface area contributed by atoms with Crippen LogP contribution in [0.4, 0.5) is 15.8 Å². The Balaban J connectivity index is 1.23. The summed E-state index contributed by atoms with van der Waals surface area (Å²) >= 11 is 2.79. The molecule has 2 aromatic carbocycles. The van der Waals surface area contributed by atoms with Crippen LogP contribution in [0.2, 0.25) is 0 Å². The molecule has 0 spiro atoms. The van der Waals surface area contributed by atoms with Crippen molar-refractivity contribution in [3.05, 3.63) is 59.7 Å². The number of fused-ring (bicyclic) bond motifs is 1. The van der Waals surface area contributed by atoms with Gasteiger partial charge < -0.3 is 10.2 Å². The summed E-state index contributed by atoms with van der Waals surface area (Å²) in [5.74, 6) is -0.164.